The number of anilines is 1. The van der Waals surface area contributed by atoms with Gasteiger partial charge in [-0.2, -0.15) is 18.3 Å². The number of aromatic nitrogens is 3. The fraction of sp³-hybridized carbons (Fsp3) is 0.105. The molecule has 9 heteroatoms. The molecule has 0 fully saturated rings. The van der Waals surface area contributed by atoms with Crippen molar-refractivity contribution in [2.75, 3.05) is 12.3 Å². The lowest BCUT2D eigenvalue weighted by Crippen LogP contribution is -2.19. The first-order valence-corrected chi connectivity index (χ1v) is 8.11. The molecule has 5 nitrogen and oxygen atoms in total. The van der Waals surface area contributed by atoms with Gasteiger partial charge in [-0.3, -0.25) is 0 Å². The van der Waals surface area contributed by atoms with E-state index in [1.807, 2.05) is 24.4 Å². The zero-order valence-electron chi connectivity index (χ0n) is 14.4. The lowest BCUT2D eigenvalue weighted by molar-refractivity contribution is -0.153. The molecule has 4 aromatic rings. The average Bonchev–Trinajstić information content (AvgIpc) is 3.27. The van der Waals surface area contributed by atoms with Crippen molar-refractivity contribution in [2.24, 2.45) is 0 Å². The SMILES string of the molecule is Cl.Nc1c[nH]c2ccc(-c3cnn(-c4ccc(OCC(F)(F)F)cc4)c3)cc12. The maximum absolute atomic E-state index is 12.2. The van der Waals surface area contributed by atoms with Crippen LogP contribution in [-0.2, 0) is 0 Å². The summed E-state index contributed by atoms with van der Waals surface area (Å²) in [5.74, 6) is 0.150. The standard InChI is InChI=1S/C19H15F3N4O.ClH/c20-19(21,22)11-27-15-4-2-14(3-5-15)26-10-13(8-25-26)12-1-6-18-16(7-12)17(23)9-24-18;/h1-10,24H,11,23H2;1H. The van der Waals surface area contributed by atoms with E-state index >= 15 is 0 Å². The molecule has 0 saturated carbocycles. The summed E-state index contributed by atoms with van der Waals surface area (Å²) >= 11 is 0. The van der Waals surface area contributed by atoms with Crippen molar-refractivity contribution in [1.29, 1.82) is 0 Å². The number of aromatic amines is 1. The minimum atomic E-state index is -4.36. The van der Waals surface area contributed by atoms with E-state index in [4.69, 9.17) is 10.5 Å². The number of nitrogens with two attached hydrogens (primary N) is 1. The molecule has 2 aromatic carbocycles. The second kappa shape index (κ2) is 7.47. The molecule has 0 aliphatic rings. The first-order valence-electron chi connectivity index (χ1n) is 8.11. The van der Waals surface area contributed by atoms with Gasteiger partial charge < -0.3 is 15.5 Å². The van der Waals surface area contributed by atoms with Crippen LogP contribution < -0.4 is 10.5 Å². The third kappa shape index (κ3) is 4.07. The van der Waals surface area contributed by atoms with Gasteiger partial charge in [0.25, 0.3) is 0 Å². The minimum absolute atomic E-state index is 0. The number of halogens is 4. The van der Waals surface area contributed by atoms with Crippen LogP contribution in [0.4, 0.5) is 18.9 Å². The molecule has 0 spiro atoms. The van der Waals surface area contributed by atoms with Crippen molar-refractivity contribution in [3.8, 4) is 22.6 Å². The van der Waals surface area contributed by atoms with Crippen LogP contribution in [0.15, 0.2) is 61.1 Å². The average molecular weight is 409 g/mol. The third-order valence-corrected chi connectivity index (χ3v) is 4.13. The number of hydrogen-bond donors (Lipinski definition) is 2. The smallest absolute Gasteiger partial charge is 0.422 e. The molecular weight excluding hydrogens is 393 g/mol. The Morgan fingerprint density at radius 1 is 1.07 bits per heavy atom. The first-order chi connectivity index (χ1) is 12.9. The maximum atomic E-state index is 12.2. The summed E-state index contributed by atoms with van der Waals surface area (Å²) in [5.41, 5.74) is 10.2. The number of nitrogens with zero attached hydrogens (tertiary/aromatic N) is 2. The second-order valence-corrected chi connectivity index (χ2v) is 6.08. The van der Waals surface area contributed by atoms with Crippen molar-refractivity contribution in [3.63, 3.8) is 0 Å². The number of ether oxygens (including phenoxy) is 1. The summed E-state index contributed by atoms with van der Waals surface area (Å²) in [7, 11) is 0. The highest BCUT2D eigenvalue weighted by atomic mass is 35.5. The largest absolute Gasteiger partial charge is 0.484 e. The molecular formula is C19H16ClF3N4O. The van der Waals surface area contributed by atoms with Crippen LogP contribution >= 0.6 is 12.4 Å². The number of rotatable bonds is 4. The van der Waals surface area contributed by atoms with Crippen molar-refractivity contribution >= 4 is 29.0 Å². The van der Waals surface area contributed by atoms with Gasteiger partial charge in [-0.05, 0) is 42.0 Å². The Morgan fingerprint density at radius 3 is 2.54 bits per heavy atom. The maximum Gasteiger partial charge on any atom is 0.422 e. The van der Waals surface area contributed by atoms with Crippen molar-refractivity contribution < 1.29 is 17.9 Å². The number of alkyl halides is 3. The molecule has 0 bridgehead atoms. The summed E-state index contributed by atoms with van der Waals surface area (Å²) in [6.07, 6.45) is 0.952. The zero-order valence-corrected chi connectivity index (χ0v) is 15.2. The normalized spacial score (nSPS) is 11.4. The molecule has 0 saturated heterocycles. The van der Waals surface area contributed by atoms with E-state index in [0.717, 1.165) is 22.0 Å². The number of fused-ring (bicyclic) bond motifs is 1. The Morgan fingerprint density at radius 2 is 1.82 bits per heavy atom. The summed E-state index contributed by atoms with van der Waals surface area (Å²) in [6, 6.07) is 12.2. The van der Waals surface area contributed by atoms with Crippen LogP contribution in [0, 0.1) is 0 Å². The molecule has 28 heavy (non-hydrogen) atoms. The monoisotopic (exact) mass is 408 g/mol. The van der Waals surface area contributed by atoms with Crippen LogP contribution in [0.1, 0.15) is 0 Å². The quantitative estimate of drug-likeness (QED) is 0.501. The van der Waals surface area contributed by atoms with E-state index in [-0.39, 0.29) is 18.2 Å². The van der Waals surface area contributed by atoms with Crippen molar-refractivity contribution in [1.82, 2.24) is 14.8 Å². The summed E-state index contributed by atoms with van der Waals surface area (Å²) in [4.78, 5) is 3.09. The molecule has 0 aliphatic heterocycles. The third-order valence-electron chi connectivity index (χ3n) is 4.13. The molecule has 2 aromatic heterocycles. The number of nitrogen functional groups attached to an aromatic ring is 1. The van der Waals surface area contributed by atoms with Gasteiger partial charge in [0, 0.05) is 28.9 Å². The predicted octanol–water partition coefficient (Wildman–Crippen LogP) is 4.97. The topological polar surface area (TPSA) is 68.9 Å². The highest BCUT2D eigenvalue weighted by Gasteiger charge is 2.28. The lowest BCUT2D eigenvalue weighted by Gasteiger charge is -2.09. The van der Waals surface area contributed by atoms with E-state index in [9.17, 15) is 13.2 Å². The van der Waals surface area contributed by atoms with Crippen LogP contribution in [0.3, 0.4) is 0 Å². The Labute approximate surface area is 164 Å². The molecule has 0 amide bonds. The van der Waals surface area contributed by atoms with Gasteiger partial charge in [-0.25, -0.2) is 4.68 Å². The molecule has 146 valence electrons. The molecule has 0 atom stereocenters. The predicted molar refractivity (Wildman–Crippen MR) is 104 cm³/mol. The van der Waals surface area contributed by atoms with Gasteiger partial charge in [0.05, 0.1) is 17.6 Å². The van der Waals surface area contributed by atoms with Crippen LogP contribution in [0.25, 0.3) is 27.7 Å². The number of H-pyrrole nitrogens is 1. The molecule has 0 unspecified atom stereocenters. The molecule has 3 N–H and O–H groups in total. The van der Waals surface area contributed by atoms with E-state index in [2.05, 4.69) is 10.1 Å². The van der Waals surface area contributed by atoms with Crippen LogP contribution in [0.2, 0.25) is 0 Å². The van der Waals surface area contributed by atoms with E-state index in [1.165, 1.54) is 12.1 Å². The molecule has 0 aliphatic carbocycles. The van der Waals surface area contributed by atoms with Gasteiger partial charge in [0.1, 0.15) is 5.75 Å². The highest BCUT2D eigenvalue weighted by Crippen LogP contribution is 2.28. The van der Waals surface area contributed by atoms with Crippen molar-refractivity contribution in [2.45, 2.75) is 6.18 Å². The minimum Gasteiger partial charge on any atom is -0.484 e. The van der Waals surface area contributed by atoms with Crippen LogP contribution in [-0.4, -0.2) is 27.5 Å². The molecule has 4 rings (SSSR count). The number of hydrogen-bond acceptors (Lipinski definition) is 3. The number of nitrogens with one attached hydrogen (secondary N) is 1. The first kappa shape index (κ1) is 19.6. The number of benzene rings is 2. The van der Waals surface area contributed by atoms with Gasteiger partial charge in [-0.15, -0.1) is 12.4 Å². The van der Waals surface area contributed by atoms with Gasteiger partial charge in [-0.1, -0.05) is 6.07 Å². The Balaban J connectivity index is 0.00000225. The fourth-order valence-corrected chi connectivity index (χ4v) is 2.80. The Kier molecular flexibility index (Phi) is 5.24. The van der Waals surface area contributed by atoms with E-state index in [0.29, 0.717) is 11.4 Å². The Bertz CT molecular complexity index is 1090. The van der Waals surface area contributed by atoms with E-state index < -0.39 is 12.8 Å². The van der Waals surface area contributed by atoms with Gasteiger partial charge in [0.15, 0.2) is 6.61 Å². The molecule has 0 radical (unpaired) electrons. The molecule has 2 heterocycles. The van der Waals surface area contributed by atoms with E-state index in [1.54, 1.807) is 29.2 Å². The fourth-order valence-electron chi connectivity index (χ4n) is 2.80. The Hall–Kier alpha value is -3.13. The zero-order chi connectivity index (χ0) is 19.0. The summed E-state index contributed by atoms with van der Waals surface area (Å²) in [6.45, 7) is -1.32. The summed E-state index contributed by atoms with van der Waals surface area (Å²) < 4.78 is 43.0. The van der Waals surface area contributed by atoms with Gasteiger partial charge in [0.2, 0.25) is 0 Å². The highest BCUT2D eigenvalue weighted by molar-refractivity contribution is 5.94. The van der Waals surface area contributed by atoms with Crippen LogP contribution in [0.5, 0.6) is 5.75 Å². The lowest BCUT2D eigenvalue weighted by atomic mass is 10.1. The second-order valence-electron chi connectivity index (χ2n) is 6.08. The summed E-state index contributed by atoms with van der Waals surface area (Å²) in [5, 5.41) is 5.26. The van der Waals surface area contributed by atoms with Gasteiger partial charge >= 0.3 is 6.18 Å². The van der Waals surface area contributed by atoms with Crippen molar-refractivity contribution in [3.05, 3.63) is 61.1 Å².